The highest BCUT2D eigenvalue weighted by Crippen LogP contribution is 2.17. The lowest BCUT2D eigenvalue weighted by molar-refractivity contribution is 0.221. The minimum absolute atomic E-state index is 0. The van der Waals surface area contributed by atoms with Gasteiger partial charge in [-0.15, -0.1) is 24.0 Å². The normalized spacial score (nSPS) is 12.3. The number of hydrogen-bond donors (Lipinski definition) is 1. The van der Waals surface area contributed by atoms with Crippen LogP contribution in [-0.4, -0.2) is 42.2 Å². The quantitative estimate of drug-likeness (QED) is 0.412. The molecule has 0 aliphatic rings. The zero-order valence-corrected chi connectivity index (χ0v) is 18.0. The van der Waals surface area contributed by atoms with Gasteiger partial charge in [-0.05, 0) is 37.6 Å². The third-order valence-corrected chi connectivity index (χ3v) is 3.99. The third kappa shape index (κ3) is 6.26. The van der Waals surface area contributed by atoms with Crippen molar-refractivity contribution in [2.75, 3.05) is 20.6 Å². The number of rotatable bonds is 6. The van der Waals surface area contributed by atoms with Gasteiger partial charge in [-0.2, -0.15) is 0 Å². The Morgan fingerprint density at radius 1 is 1.28 bits per heavy atom. The second-order valence-electron chi connectivity index (χ2n) is 6.09. The van der Waals surface area contributed by atoms with Crippen molar-refractivity contribution in [2.24, 2.45) is 12.0 Å². The molecule has 1 atom stereocenters. The molecule has 1 heterocycles. The van der Waals surface area contributed by atoms with E-state index in [1.165, 1.54) is 5.69 Å². The predicted molar refractivity (Wildman–Crippen MR) is 115 cm³/mol. The predicted octanol–water partition coefficient (Wildman–Crippen LogP) is 3.43. The lowest BCUT2D eigenvalue weighted by Gasteiger charge is -2.24. The molecule has 1 unspecified atom stereocenters. The number of aryl methyl sites for hydroxylation is 2. The summed E-state index contributed by atoms with van der Waals surface area (Å²) in [7, 11) is 5.89. The minimum atomic E-state index is 0. The number of nitrogens with one attached hydrogen (secondary N) is 1. The maximum Gasteiger partial charge on any atom is 0.193 e. The summed E-state index contributed by atoms with van der Waals surface area (Å²) in [5.41, 5.74) is 2.39. The first kappa shape index (κ1) is 21.3. The van der Waals surface area contributed by atoms with E-state index in [-0.39, 0.29) is 30.1 Å². The van der Waals surface area contributed by atoms with E-state index in [2.05, 4.69) is 65.1 Å². The number of aliphatic imine (C=N–C) groups is 1. The van der Waals surface area contributed by atoms with Gasteiger partial charge in [0, 0.05) is 33.0 Å². The molecule has 1 aromatic carbocycles. The summed E-state index contributed by atoms with van der Waals surface area (Å²) in [6.07, 6.45) is 2.10. The fourth-order valence-electron chi connectivity index (χ4n) is 2.55. The van der Waals surface area contributed by atoms with E-state index in [1.807, 2.05) is 25.2 Å². The highest BCUT2D eigenvalue weighted by Gasteiger charge is 2.11. The van der Waals surface area contributed by atoms with Crippen LogP contribution < -0.4 is 10.1 Å². The topological polar surface area (TPSA) is 41.8 Å². The molecule has 0 bridgehead atoms. The van der Waals surface area contributed by atoms with Crippen LogP contribution in [0.5, 0.6) is 5.75 Å². The van der Waals surface area contributed by atoms with Crippen molar-refractivity contribution < 1.29 is 4.74 Å². The van der Waals surface area contributed by atoms with E-state index in [0.717, 1.165) is 23.8 Å². The van der Waals surface area contributed by atoms with Gasteiger partial charge in [0.15, 0.2) is 5.96 Å². The molecule has 0 amide bonds. The van der Waals surface area contributed by atoms with Gasteiger partial charge in [-0.3, -0.25) is 4.99 Å². The average molecular weight is 456 g/mol. The number of nitrogens with zero attached hydrogens (tertiary/aromatic N) is 3. The molecule has 2 aromatic rings. The van der Waals surface area contributed by atoms with Crippen molar-refractivity contribution in [3.8, 4) is 5.75 Å². The summed E-state index contributed by atoms with van der Waals surface area (Å²) in [4.78, 5) is 6.47. The zero-order valence-electron chi connectivity index (χ0n) is 15.7. The van der Waals surface area contributed by atoms with Crippen LogP contribution in [0.1, 0.15) is 18.2 Å². The number of hydrogen-bond acceptors (Lipinski definition) is 2. The molecule has 1 aromatic heterocycles. The summed E-state index contributed by atoms with van der Waals surface area (Å²) < 4.78 is 8.12. The van der Waals surface area contributed by atoms with E-state index >= 15 is 0 Å². The maximum absolute atomic E-state index is 6.00. The summed E-state index contributed by atoms with van der Waals surface area (Å²) in [6, 6.07) is 12.2. The Hall–Kier alpha value is -1.70. The molecule has 0 saturated heterocycles. The van der Waals surface area contributed by atoms with Crippen LogP contribution in [0.2, 0.25) is 0 Å². The van der Waals surface area contributed by atoms with Gasteiger partial charge < -0.3 is 19.5 Å². The first-order valence-corrected chi connectivity index (χ1v) is 8.25. The lowest BCUT2D eigenvalue weighted by Crippen LogP contribution is -2.42. The summed E-state index contributed by atoms with van der Waals surface area (Å²) >= 11 is 0. The summed E-state index contributed by atoms with van der Waals surface area (Å²) in [5.74, 6) is 1.79. The van der Waals surface area contributed by atoms with E-state index < -0.39 is 0 Å². The third-order valence-electron chi connectivity index (χ3n) is 3.99. The lowest BCUT2D eigenvalue weighted by atomic mass is 10.2. The molecule has 0 spiro atoms. The minimum Gasteiger partial charge on any atom is -0.489 e. The Kier molecular flexibility index (Phi) is 8.82. The fourth-order valence-corrected chi connectivity index (χ4v) is 2.55. The fraction of sp³-hybridized carbons (Fsp3) is 0.421. The molecule has 0 aliphatic heterocycles. The summed E-state index contributed by atoms with van der Waals surface area (Å²) in [6.45, 7) is 5.61. The molecule has 5 nitrogen and oxygen atoms in total. The largest absolute Gasteiger partial charge is 0.489 e. The molecule has 25 heavy (non-hydrogen) atoms. The van der Waals surface area contributed by atoms with Crippen molar-refractivity contribution in [3.63, 3.8) is 0 Å². The van der Waals surface area contributed by atoms with Crippen LogP contribution in [0.25, 0.3) is 0 Å². The number of ether oxygens (including phenoxy) is 1. The maximum atomic E-state index is 6.00. The molecule has 0 aliphatic carbocycles. The second-order valence-corrected chi connectivity index (χ2v) is 6.09. The SMILES string of the molecule is CN=C(NCC(C)Oc1ccccc1C)N(C)Cc1cccn1C.I. The van der Waals surface area contributed by atoms with E-state index in [1.54, 1.807) is 7.05 Å². The molecular weight excluding hydrogens is 427 g/mol. The van der Waals surface area contributed by atoms with E-state index in [4.69, 9.17) is 4.74 Å². The van der Waals surface area contributed by atoms with Gasteiger partial charge in [0.05, 0.1) is 13.1 Å². The highest BCUT2D eigenvalue weighted by atomic mass is 127. The van der Waals surface area contributed by atoms with Crippen LogP contribution in [0.3, 0.4) is 0 Å². The standard InChI is InChI=1S/C19H28N4O.HI/c1-15-9-6-7-11-18(15)24-16(2)13-21-19(20-3)23(5)14-17-10-8-12-22(17)4;/h6-12,16H,13-14H2,1-5H3,(H,20,21);1H. The first-order valence-electron chi connectivity index (χ1n) is 8.25. The van der Waals surface area contributed by atoms with Gasteiger partial charge in [-0.25, -0.2) is 0 Å². The van der Waals surface area contributed by atoms with Gasteiger partial charge >= 0.3 is 0 Å². The molecule has 2 rings (SSSR count). The molecule has 0 saturated carbocycles. The van der Waals surface area contributed by atoms with Crippen molar-refractivity contribution in [3.05, 3.63) is 53.9 Å². The van der Waals surface area contributed by atoms with E-state index in [0.29, 0.717) is 6.54 Å². The molecule has 0 fully saturated rings. The van der Waals surface area contributed by atoms with E-state index in [9.17, 15) is 0 Å². The van der Waals surface area contributed by atoms with Crippen LogP contribution in [0, 0.1) is 6.92 Å². The van der Waals surface area contributed by atoms with Crippen molar-refractivity contribution >= 4 is 29.9 Å². The Balaban J connectivity index is 0.00000312. The smallest absolute Gasteiger partial charge is 0.193 e. The molecule has 0 radical (unpaired) electrons. The van der Waals surface area contributed by atoms with Gasteiger partial charge in [0.1, 0.15) is 11.9 Å². The van der Waals surface area contributed by atoms with Gasteiger partial charge in [-0.1, -0.05) is 18.2 Å². The summed E-state index contributed by atoms with van der Waals surface area (Å²) in [5, 5.41) is 3.38. The zero-order chi connectivity index (χ0) is 17.5. The van der Waals surface area contributed by atoms with Crippen LogP contribution >= 0.6 is 24.0 Å². The Morgan fingerprint density at radius 3 is 2.60 bits per heavy atom. The van der Waals surface area contributed by atoms with Crippen molar-refractivity contribution in [2.45, 2.75) is 26.5 Å². The number of aromatic nitrogens is 1. The second kappa shape index (κ2) is 10.3. The van der Waals surface area contributed by atoms with Gasteiger partial charge in [0.25, 0.3) is 0 Å². The number of benzene rings is 1. The van der Waals surface area contributed by atoms with Crippen LogP contribution in [0.4, 0.5) is 0 Å². The Morgan fingerprint density at radius 2 is 2.00 bits per heavy atom. The molecule has 1 N–H and O–H groups in total. The highest BCUT2D eigenvalue weighted by molar-refractivity contribution is 14.0. The number of guanidine groups is 1. The molecule has 6 heteroatoms. The molecular formula is C19H29IN4O. The van der Waals surface area contributed by atoms with Crippen LogP contribution in [0.15, 0.2) is 47.6 Å². The van der Waals surface area contributed by atoms with Crippen molar-refractivity contribution in [1.29, 1.82) is 0 Å². The van der Waals surface area contributed by atoms with Crippen molar-refractivity contribution in [1.82, 2.24) is 14.8 Å². The first-order chi connectivity index (χ1) is 11.5. The van der Waals surface area contributed by atoms with Crippen LogP contribution in [-0.2, 0) is 13.6 Å². The average Bonchev–Trinajstić information content (AvgIpc) is 2.95. The molecule has 138 valence electrons. The van der Waals surface area contributed by atoms with Gasteiger partial charge in [0.2, 0.25) is 0 Å². The Bertz CT molecular complexity index is 684. The number of para-hydroxylation sites is 1. The Labute approximate surface area is 168 Å². The monoisotopic (exact) mass is 456 g/mol. The number of halogens is 1.